The zero-order chi connectivity index (χ0) is 9.03. The van der Waals surface area contributed by atoms with Crippen LogP contribution < -0.4 is 5.32 Å². The molecule has 0 spiro atoms. The monoisotopic (exact) mass is 189 g/mol. The van der Waals surface area contributed by atoms with Gasteiger partial charge in [0.25, 0.3) is 0 Å². The quantitative estimate of drug-likeness (QED) is 0.733. The smallest absolute Gasteiger partial charge is 0.0825 e. The van der Waals surface area contributed by atoms with E-state index in [1.165, 1.54) is 6.42 Å². The third-order valence-corrected chi connectivity index (χ3v) is 2.24. The van der Waals surface area contributed by atoms with E-state index in [0.717, 1.165) is 19.5 Å². The van der Waals surface area contributed by atoms with E-state index < -0.39 is 0 Å². The number of piperidine rings is 1. The first-order valence-corrected chi connectivity index (χ1v) is 4.68. The van der Waals surface area contributed by atoms with Crippen molar-refractivity contribution in [3.8, 4) is 0 Å². The van der Waals surface area contributed by atoms with Crippen molar-refractivity contribution in [1.82, 2.24) is 5.32 Å². The van der Waals surface area contributed by atoms with Gasteiger partial charge in [0.05, 0.1) is 12.2 Å². The summed E-state index contributed by atoms with van der Waals surface area (Å²) in [5, 5.41) is 3.87. The molecule has 0 aliphatic carbocycles. The maximum absolute atomic E-state index is 5.64. The molecular weight excluding hydrogens is 174 g/mol. The number of rotatable bonds is 3. The van der Waals surface area contributed by atoms with Gasteiger partial charge in [0.2, 0.25) is 0 Å². The van der Waals surface area contributed by atoms with E-state index in [0.29, 0.717) is 11.6 Å². The van der Waals surface area contributed by atoms with E-state index in [1.54, 1.807) is 0 Å². The Kier molecular flexibility index (Phi) is 3.56. The van der Waals surface area contributed by atoms with Gasteiger partial charge in [0.1, 0.15) is 0 Å². The van der Waals surface area contributed by atoms with E-state index in [4.69, 9.17) is 16.3 Å². The molecule has 70 valence electrons. The Labute approximate surface area is 78.9 Å². The molecule has 12 heavy (non-hydrogen) atoms. The molecule has 1 rings (SSSR count). The zero-order valence-electron chi connectivity index (χ0n) is 7.53. The van der Waals surface area contributed by atoms with Crippen LogP contribution in [0.1, 0.15) is 19.8 Å². The van der Waals surface area contributed by atoms with Crippen LogP contribution in [0.2, 0.25) is 0 Å². The van der Waals surface area contributed by atoms with Crippen LogP contribution in [-0.2, 0) is 4.74 Å². The SMILES string of the molecule is C=C(Cl)COC1(C)CCCNC1. The van der Waals surface area contributed by atoms with Crippen LogP contribution in [0.25, 0.3) is 0 Å². The molecule has 1 atom stereocenters. The summed E-state index contributed by atoms with van der Waals surface area (Å²) in [5.41, 5.74) is -0.0456. The van der Waals surface area contributed by atoms with Crippen molar-refractivity contribution in [3.05, 3.63) is 11.6 Å². The largest absolute Gasteiger partial charge is 0.368 e. The van der Waals surface area contributed by atoms with Gasteiger partial charge in [0, 0.05) is 11.6 Å². The fourth-order valence-corrected chi connectivity index (χ4v) is 1.46. The van der Waals surface area contributed by atoms with Gasteiger partial charge in [-0.15, -0.1) is 0 Å². The Bertz CT molecular complexity index is 164. The van der Waals surface area contributed by atoms with Gasteiger partial charge in [-0.25, -0.2) is 0 Å². The minimum atomic E-state index is -0.0456. The highest BCUT2D eigenvalue weighted by Crippen LogP contribution is 2.20. The lowest BCUT2D eigenvalue weighted by atomic mass is 9.96. The fraction of sp³-hybridized carbons (Fsp3) is 0.778. The second-order valence-electron chi connectivity index (χ2n) is 3.54. The second-order valence-corrected chi connectivity index (χ2v) is 4.07. The lowest BCUT2D eigenvalue weighted by Gasteiger charge is -2.34. The van der Waals surface area contributed by atoms with Crippen molar-refractivity contribution in [2.45, 2.75) is 25.4 Å². The Balaban J connectivity index is 2.31. The van der Waals surface area contributed by atoms with Crippen molar-refractivity contribution in [1.29, 1.82) is 0 Å². The van der Waals surface area contributed by atoms with Crippen molar-refractivity contribution in [2.24, 2.45) is 0 Å². The molecule has 1 aliphatic heterocycles. The average Bonchev–Trinajstić information content (AvgIpc) is 2.03. The summed E-state index contributed by atoms with van der Waals surface area (Å²) < 4.78 is 5.64. The number of hydrogen-bond acceptors (Lipinski definition) is 2. The topological polar surface area (TPSA) is 21.3 Å². The minimum Gasteiger partial charge on any atom is -0.368 e. The van der Waals surface area contributed by atoms with E-state index in [9.17, 15) is 0 Å². The maximum atomic E-state index is 5.64. The predicted octanol–water partition coefficient (Wildman–Crippen LogP) is 1.90. The molecule has 1 saturated heterocycles. The summed E-state index contributed by atoms with van der Waals surface area (Å²) in [6.45, 7) is 8.17. The summed E-state index contributed by atoms with van der Waals surface area (Å²) in [6, 6.07) is 0. The van der Waals surface area contributed by atoms with Crippen LogP contribution in [0.4, 0.5) is 0 Å². The second kappa shape index (κ2) is 4.26. The molecule has 1 N–H and O–H groups in total. The first-order chi connectivity index (χ1) is 5.62. The Hall–Kier alpha value is -0.0500. The maximum Gasteiger partial charge on any atom is 0.0825 e. The van der Waals surface area contributed by atoms with Crippen LogP contribution in [0.3, 0.4) is 0 Å². The lowest BCUT2D eigenvalue weighted by Crippen LogP contribution is -2.45. The van der Waals surface area contributed by atoms with E-state index in [1.807, 2.05) is 0 Å². The van der Waals surface area contributed by atoms with Crippen molar-refractivity contribution < 1.29 is 4.74 Å². The first kappa shape index (κ1) is 10.0. The summed E-state index contributed by atoms with van der Waals surface area (Å²) >= 11 is 5.62. The fourth-order valence-electron chi connectivity index (χ4n) is 1.40. The van der Waals surface area contributed by atoms with E-state index in [-0.39, 0.29) is 5.60 Å². The molecule has 2 nitrogen and oxygen atoms in total. The highest BCUT2D eigenvalue weighted by molar-refractivity contribution is 6.29. The number of nitrogens with one attached hydrogen (secondary N) is 1. The van der Waals surface area contributed by atoms with Crippen molar-refractivity contribution >= 4 is 11.6 Å². The number of ether oxygens (including phenoxy) is 1. The van der Waals surface area contributed by atoms with Crippen LogP contribution in [0, 0.1) is 0 Å². The van der Waals surface area contributed by atoms with Gasteiger partial charge in [-0.2, -0.15) is 0 Å². The summed E-state index contributed by atoms with van der Waals surface area (Å²) in [6.07, 6.45) is 2.27. The van der Waals surface area contributed by atoms with Crippen LogP contribution >= 0.6 is 11.6 Å². The molecule has 0 aromatic rings. The minimum absolute atomic E-state index is 0.0456. The molecule has 1 fully saturated rings. The van der Waals surface area contributed by atoms with E-state index >= 15 is 0 Å². The van der Waals surface area contributed by atoms with Gasteiger partial charge in [0.15, 0.2) is 0 Å². The number of halogens is 1. The highest BCUT2D eigenvalue weighted by Gasteiger charge is 2.27. The predicted molar refractivity (Wildman–Crippen MR) is 51.5 cm³/mol. The Morgan fingerprint density at radius 2 is 2.50 bits per heavy atom. The zero-order valence-corrected chi connectivity index (χ0v) is 8.28. The molecule has 0 radical (unpaired) electrons. The molecule has 3 heteroatoms. The standard InChI is InChI=1S/C9H16ClNO/c1-8(10)6-12-9(2)4-3-5-11-7-9/h11H,1,3-7H2,2H3. The lowest BCUT2D eigenvalue weighted by molar-refractivity contribution is -0.0334. The highest BCUT2D eigenvalue weighted by atomic mass is 35.5. The van der Waals surface area contributed by atoms with Gasteiger partial charge >= 0.3 is 0 Å². The van der Waals surface area contributed by atoms with Gasteiger partial charge < -0.3 is 10.1 Å². The normalized spacial score (nSPS) is 30.2. The van der Waals surface area contributed by atoms with E-state index in [2.05, 4.69) is 18.8 Å². The molecule has 1 unspecified atom stereocenters. The van der Waals surface area contributed by atoms with Crippen LogP contribution in [0.5, 0.6) is 0 Å². The van der Waals surface area contributed by atoms with Gasteiger partial charge in [-0.05, 0) is 26.3 Å². The third-order valence-electron chi connectivity index (χ3n) is 2.14. The molecule has 1 aliphatic rings. The summed E-state index contributed by atoms with van der Waals surface area (Å²) in [7, 11) is 0. The molecule has 0 aromatic carbocycles. The molecular formula is C9H16ClNO. The average molecular weight is 190 g/mol. The third kappa shape index (κ3) is 3.13. The molecule has 0 aromatic heterocycles. The Morgan fingerprint density at radius 3 is 3.00 bits per heavy atom. The van der Waals surface area contributed by atoms with Crippen molar-refractivity contribution in [2.75, 3.05) is 19.7 Å². The number of hydrogen-bond donors (Lipinski definition) is 1. The van der Waals surface area contributed by atoms with Crippen molar-refractivity contribution in [3.63, 3.8) is 0 Å². The van der Waals surface area contributed by atoms with Gasteiger partial charge in [-0.3, -0.25) is 0 Å². The summed E-state index contributed by atoms with van der Waals surface area (Å²) in [4.78, 5) is 0. The molecule has 0 bridgehead atoms. The van der Waals surface area contributed by atoms with Crippen LogP contribution in [0.15, 0.2) is 11.6 Å². The molecule has 0 saturated carbocycles. The van der Waals surface area contributed by atoms with Gasteiger partial charge in [-0.1, -0.05) is 18.2 Å². The molecule has 0 amide bonds. The first-order valence-electron chi connectivity index (χ1n) is 4.30. The molecule has 1 heterocycles. The summed E-state index contributed by atoms with van der Waals surface area (Å²) in [5.74, 6) is 0. The Morgan fingerprint density at radius 1 is 1.75 bits per heavy atom. The van der Waals surface area contributed by atoms with Crippen LogP contribution in [-0.4, -0.2) is 25.3 Å².